The molecule has 1 fully saturated rings. The van der Waals surface area contributed by atoms with Gasteiger partial charge in [0, 0.05) is 11.9 Å². The normalized spacial score (nSPS) is 22.0. The van der Waals surface area contributed by atoms with E-state index in [1.54, 1.807) is 24.0 Å². The van der Waals surface area contributed by atoms with Crippen LogP contribution in [0, 0.1) is 0 Å². The smallest absolute Gasteiger partial charge is 0.351 e. The molecule has 2 N–H and O–H groups in total. The number of nitrogens with zero attached hydrogens (tertiary/aromatic N) is 2. The van der Waals surface area contributed by atoms with Crippen LogP contribution in [0.15, 0.2) is 17.1 Å². The molecule has 1 aliphatic heterocycles. The number of hydrogen-bond donors (Lipinski definition) is 1. The topological polar surface area (TPSA) is 70.1 Å². The molecular weight excluding hydrogens is 190 g/mol. The minimum atomic E-state index is -0.354. The van der Waals surface area contributed by atoms with Crippen molar-refractivity contribution in [3.8, 4) is 0 Å². The fourth-order valence-electron chi connectivity index (χ4n) is 1.13. The molecule has 6 heteroatoms. The Labute approximate surface area is 78.9 Å². The quantitative estimate of drug-likeness (QED) is 0.691. The number of rotatable bonds is 1. The van der Waals surface area contributed by atoms with Crippen molar-refractivity contribution in [3.63, 3.8) is 0 Å². The Morgan fingerprint density at radius 3 is 3.23 bits per heavy atom. The molecule has 0 aliphatic carbocycles. The lowest BCUT2D eigenvalue weighted by Crippen LogP contribution is -2.27. The van der Waals surface area contributed by atoms with Gasteiger partial charge in [-0.3, -0.25) is 4.57 Å². The third-order valence-electron chi connectivity index (χ3n) is 1.77. The van der Waals surface area contributed by atoms with Crippen LogP contribution in [0.2, 0.25) is 0 Å². The van der Waals surface area contributed by atoms with E-state index in [0.29, 0.717) is 5.94 Å². The van der Waals surface area contributed by atoms with E-state index in [1.807, 2.05) is 0 Å². The van der Waals surface area contributed by atoms with E-state index in [9.17, 15) is 4.79 Å². The van der Waals surface area contributed by atoms with E-state index in [1.165, 1.54) is 4.57 Å². The Hall–Kier alpha value is -1.01. The van der Waals surface area contributed by atoms with Crippen molar-refractivity contribution in [1.29, 1.82) is 0 Å². The summed E-state index contributed by atoms with van der Waals surface area (Å²) < 4.78 is 6.76. The first-order valence-electron chi connectivity index (χ1n) is 3.81. The fraction of sp³-hybridized carbons (Fsp3) is 0.429. The Morgan fingerprint density at radius 1 is 1.77 bits per heavy atom. The third-order valence-corrected chi connectivity index (χ3v) is 2.59. The Kier molecular flexibility index (Phi) is 2.24. The summed E-state index contributed by atoms with van der Waals surface area (Å²) in [7, 11) is 0. The van der Waals surface area contributed by atoms with Gasteiger partial charge in [-0.05, 0) is 6.07 Å². The minimum absolute atomic E-state index is 0.189. The monoisotopic (exact) mass is 199 g/mol. The summed E-state index contributed by atoms with van der Waals surface area (Å²) in [5, 5.41) is 0. The molecule has 2 heterocycles. The fourth-order valence-corrected chi connectivity index (χ4v) is 1.94. The zero-order valence-corrected chi connectivity index (χ0v) is 7.66. The molecule has 0 unspecified atom stereocenters. The summed E-state index contributed by atoms with van der Waals surface area (Å²) in [6.07, 6.45) is 1.42. The molecule has 1 aromatic heterocycles. The summed E-state index contributed by atoms with van der Waals surface area (Å²) in [6, 6.07) is 1.59. The van der Waals surface area contributed by atoms with Crippen LogP contribution in [0.4, 0.5) is 5.82 Å². The molecule has 5 nitrogen and oxygen atoms in total. The van der Waals surface area contributed by atoms with Gasteiger partial charge in [-0.1, -0.05) is 0 Å². The number of thioether (sulfide) groups is 1. The van der Waals surface area contributed by atoms with Crippen LogP contribution in [-0.2, 0) is 4.74 Å². The van der Waals surface area contributed by atoms with E-state index >= 15 is 0 Å². The van der Waals surface area contributed by atoms with E-state index in [2.05, 4.69) is 4.98 Å². The summed E-state index contributed by atoms with van der Waals surface area (Å²) in [5.41, 5.74) is 5.00. The van der Waals surface area contributed by atoms with Crippen molar-refractivity contribution in [1.82, 2.24) is 9.55 Å². The van der Waals surface area contributed by atoms with Crippen LogP contribution in [-0.4, -0.2) is 21.2 Å². The maximum absolute atomic E-state index is 11.3. The van der Waals surface area contributed by atoms with Crippen LogP contribution in [0.3, 0.4) is 0 Å². The van der Waals surface area contributed by atoms with E-state index in [0.717, 1.165) is 5.75 Å². The maximum atomic E-state index is 11.3. The molecule has 1 aliphatic rings. The van der Waals surface area contributed by atoms with Crippen molar-refractivity contribution in [2.75, 3.05) is 17.4 Å². The number of nitrogens with two attached hydrogens (primary N) is 1. The molecule has 0 radical (unpaired) electrons. The number of hydrogen-bond acceptors (Lipinski definition) is 5. The molecule has 13 heavy (non-hydrogen) atoms. The van der Waals surface area contributed by atoms with Crippen LogP contribution in [0.1, 0.15) is 6.23 Å². The number of nitrogen functional groups attached to an aromatic ring is 1. The number of ether oxygens (including phenoxy) is 1. The van der Waals surface area contributed by atoms with Crippen LogP contribution in [0.25, 0.3) is 0 Å². The third kappa shape index (κ3) is 1.68. The largest absolute Gasteiger partial charge is 0.383 e. The van der Waals surface area contributed by atoms with Gasteiger partial charge in [-0.2, -0.15) is 4.98 Å². The number of aromatic nitrogens is 2. The average Bonchev–Trinajstić information content (AvgIpc) is 2.56. The highest BCUT2D eigenvalue weighted by Crippen LogP contribution is 2.23. The molecule has 1 aromatic rings. The molecule has 0 amide bonds. The van der Waals surface area contributed by atoms with Crippen molar-refractivity contribution in [3.05, 3.63) is 22.7 Å². The first kappa shape index (κ1) is 8.58. The molecule has 2 rings (SSSR count). The lowest BCUT2D eigenvalue weighted by molar-refractivity contribution is 0.0639. The van der Waals surface area contributed by atoms with Gasteiger partial charge in [-0.25, -0.2) is 4.79 Å². The van der Waals surface area contributed by atoms with Crippen molar-refractivity contribution < 1.29 is 4.74 Å². The van der Waals surface area contributed by atoms with Gasteiger partial charge in [0.1, 0.15) is 12.0 Å². The summed E-state index contributed by atoms with van der Waals surface area (Å²) in [5.74, 6) is 1.65. The van der Waals surface area contributed by atoms with Crippen LogP contribution >= 0.6 is 11.8 Å². The maximum Gasteiger partial charge on any atom is 0.351 e. The second-order valence-corrected chi connectivity index (χ2v) is 3.63. The second kappa shape index (κ2) is 3.39. The minimum Gasteiger partial charge on any atom is -0.383 e. The van der Waals surface area contributed by atoms with Crippen molar-refractivity contribution >= 4 is 17.6 Å². The molecule has 1 saturated heterocycles. The van der Waals surface area contributed by atoms with Gasteiger partial charge in [0.15, 0.2) is 0 Å². The standard InChI is InChI=1S/C7H9N3O2S/c8-5-1-2-10(7(11)9-5)6-3-13-4-12-6/h1-2,6H,3-4H2,(H2,8,9,11)/t6-/m0/s1. The SMILES string of the molecule is Nc1ccn([C@@H]2CSCO2)c(=O)n1. The van der Waals surface area contributed by atoms with Crippen LogP contribution < -0.4 is 11.4 Å². The molecule has 0 bridgehead atoms. The van der Waals surface area contributed by atoms with Crippen molar-refractivity contribution in [2.45, 2.75) is 6.23 Å². The summed E-state index contributed by atoms with van der Waals surface area (Å²) in [6.45, 7) is 0. The Balaban J connectivity index is 2.34. The first-order chi connectivity index (χ1) is 6.27. The molecule has 70 valence electrons. The Bertz CT molecular complexity index is 359. The highest BCUT2D eigenvalue weighted by molar-refractivity contribution is 7.99. The predicted molar refractivity (Wildman–Crippen MR) is 50.4 cm³/mol. The highest BCUT2D eigenvalue weighted by Gasteiger charge is 2.18. The Morgan fingerprint density at radius 2 is 2.62 bits per heavy atom. The molecule has 0 spiro atoms. The summed E-state index contributed by atoms with van der Waals surface area (Å²) in [4.78, 5) is 14.9. The highest BCUT2D eigenvalue weighted by atomic mass is 32.2. The lowest BCUT2D eigenvalue weighted by atomic mass is 10.5. The van der Waals surface area contributed by atoms with Gasteiger partial charge < -0.3 is 10.5 Å². The molecule has 0 aromatic carbocycles. The van der Waals surface area contributed by atoms with Gasteiger partial charge in [0.2, 0.25) is 0 Å². The number of anilines is 1. The van der Waals surface area contributed by atoms with E-state index < -0.39 is 0 Å². The zero-order chi connectivity index (χ0) is 9.26. The van der Waals surface area contributed by atoms with Gasteiger partial charge in [0.25, 0.3) is 0 Å². The summed E-state index contributed by atoms with van der Waals surface area (Å²) >= 11 is 1.65. The molecule has 0 saturated carbocycles. The van der Waals surface area contributed by atoms with Gasteiger partial charge in [-0.15, -0.1) is 11.8 Å². The van der Waals surface area contributed by atoms with Gasteiger partial charge >= 0.3 is 5.69 Å². The molecule has 1 atom stereocenters. The predicted octanol–water partition coefficient (Wildman–Crippen LogP) is 0.0450. The average molecular weight is 199 g/mol. The van der Waals surface area contributed by atoms with E-state index in [-0.39, 0.29) is 17.7 Å². The molecular formula is C7H9N3O2S. The first-order valence-corrected chi connectivity index (χ1v) is 4.97. The van der Waals surface area contributed by atoms with Gasteiger partial charge in [0.05, 0.1) is 5.94 Å². The zero-order valence-electron chi connectivity index (χ0n) is 6.84. The van der Waals surface area contributed by atoms with Crippen molar-refractivity contribution in [2.24, 2.45) is 0 Å². The van der Waals surface area contributed by atoms with E-state index in [4.69, 9.17) is 10.5 Å². The lowest BCUT2D eigenvalue weighted by Gasteiger charge is -2.10. The van der Waals surface area contributed by atoms with Crippen LogP contribution in [0.5, 0.6) is 0 Å². The second-order valence-electron chi connectivity index (χ2n) is 2.65.